The number of hydrogen-bond acceptors (Lipinski definition) is 3. The maximum absolute atomic E-state index is 13.4. The number of hydrogen-bond donors (Lipinski definition) is 2. The second-order valence-electron chi connectivity index (χ2n) is 6.51. The van der Waals surface area contributed by atoms with Gasteiger partial charge in [0.25, 0.3) is 11.5 Å². The minimum atomic E-state index is -4.68. The van der Waals surface area contributed by atoms with Crippen LogP contribution in [0.25, 0.3) is 0 Å². The molecule has 1 amide bonds. The van der Waals surface area contributed by atoms with E-state index in [-0.39, 0.29) is 34.2 Å². The predicted molar refractivity (Wildman–Crippen MR) is 107 cm³/mol. The smallest absolute Gasteiger partial charge is 0.416 e. The molecule has 0 aliphatic carbocycles. The van der Waals surface area contributed by atoms with Crippen molar-refractivity contribution in [1.82, 2.24) is 4.98 Å². The molecule has 10 heteroatoms. The van der Waals surface area contributed by atoms with Gasteiger partial charge in [0.15, 0.2) is 0 Å². The summed E-state index contributed by atoms with van der Waals surface area (Å²) < 4.78 is 58.5. The Balaban J connectivity index is 2.03. The lowest BCUT2D eigenvalue weighted by molar-refractivity contribution is -0.137. The molecular formula is C21H15ClF4N2O3. The van der Waals surface area contributed by atoms with Gasteiger partial charge in [-0.2, -0.15) is 13.2 Å². The third-order valence-corrected chi connectivity index (χ3v) is 4.62. The van der Waals surface area contributed by atoms with Gasteiger partial charge in [-0.05, 0) is 55.0 Å². The van der Waals surface area contributed by atoms with Gasteiger partial charge in [0.2, 0.25) is 0 Å². The Morgan fingerprint density at radius 1 is 1.13 bits per heavy atom. The molecule has 0 aliphatic rings. The first-order valence-corrected chi connectivity index (χ1v) is 9.36. The van der Waals surface area contributed by atoms with Crippen molar-refractivity contribution in [3.05, 3.63) is 87.1 Å². The van der Waals surface area contributed by atoms with Crippen molar-refractivity contribution in [3.8, 4) is 11.5 Å². The van der Waals surface area contributed by atoms with Crippen LogP contribution in [0.1, 0.15) is 27.0 Å². The number of rotatable bonds is 5. The molecule has 0 aliphatic heterocycles. The van der Waals surface area contributed by atoms with Gasteiger partial charge in [-0.15, -0.1) is 11.6 Å². The molecule has 5 nitrogen and oxygen atoms in total. The third kappa shape index (κ3) is 5.05. The van der Waals surface area contributed by atoms with E-state index in [4.69, 9.17) is 16.3 Å². The van der Waals surface area contributed by atoms with Crippen molar-refractivity contribution >= 4 is 23.2 Å². The Hall–Kier alpha value is -3.33. The molecule has 0 atom stereocenters. The average Bonchev–Trinajstić information content (AvgIpc) is 2.69. The van der Waals surface area contributed by atoms with Crippen LogP contribution in [0.2, 0.25) is 0 Å². The summed E-state index contributed by atoms with van der Waals surface area (Å²) in [6.07, 6.45) is -3.39. The average molecular weight is 455 g/mol. The van der Waals surface area contributed by atoms with E-state index in [0.29, 0.717) is 11.6 Å². The van der Waals surface area contributed by atoms with Gasteiger partial charge in [0, 0.05) is 6.20 Å². The quantitative estimate of drug-likeness (QED) is 0.388. The number of alkyl halides is 4. The van der Waals surface area contributed by atoms with Crippen molar-refractivity contribution in [3.63, 3.8) is 0 Å². The van der Waals surface area contributed by atoms with Crippen LogP contribution in [0.5, 0.6) is 11.5 Å². The Morgan fingerprint density at radius 3 is 2.52 bits per heavy atom. The third-order valence-electron chi connectivity index (χ3n) is 4.36. The molecule has 162 valence electrons. The van der Waals surface area contributed by atoms with E-state index < -0.39 is 29.0 Å². The topological polar surface area (TPSA) is 71.2 Å². The lowest BCUT2D eigenvalue weighted by Crippen LogP contribution is -2.19. The summed E-state index contributed by atoms with van der Waals surface area (Å²) in [6.45, 7) is 1.51. The fourth-order valence-electron chi connectivity index (χ4n) is 2.77. The molecule has 0 unspecified atom stereocenters. The molecule has 0 radical (unpaired) electrons. The summed E-state index contributed by atoms with van der Waals surface area (Å²) in [5, 5.41) is 2.46. The zero-order valence-corrected chi connectivity index (χ0v) is 16.7. The highest BCUT2D eigenvalue weighted by Gasteiger charge is 2.32. The first-order valence-electron chi connectivity index (χ1n) is 8.83. The van der Waals surface area contributed by atoms with Gasteiger partial charge in [-0.1, -0.05) is 0 Å². The maximum Gasteiger partial charge on any atom is 0.416 e. The van der Waals surface area contributed by atoms with E-state index >= 15 is 0 Å². The van der Waals surface area contributed by atoms with E-state index in [0.717, 1.165) is 24.3 Å². The van der Waals surface area contributed by atoms with Gasteiger partial charge in [-0.3, -0.25) is 9.59 Å². The lowest BCUT2D eigenvalue weighted by Gasteiger charge is -2.16. The number of nitrogens with one attached hydrogen (secondary N) is 2. The molecule has 0 fully saturated rings. The molecule has 0 saturated heterocycles. The summed E-state index contributed by atoms with van der Waals surface area (Å²) in [5.74, 6) is -1.88. The van der Waals surface area contributed by atoms with Crippen LogP contribution < -0.4 is 15.6 Å². The Labute approximate surface area is 178 Å². The number of anilines is 1. The van der Waals surface area contributed by atoms with Crippen molar-refractivity contribution in [2.75, 3.05) is 5.32 Å². The van der Waals surface area contributed by atoms with E-state index in [1.165, 1.54) is 25.3 Å². The van der Waals surface area contributed by atoms with Crippen molar-refractivity contribution in [1.29, 1.82) is 0 Å². The van der Waals surface area contributed by atoms with Crippen LogP contribution in [0.15, 0.2) is 53.5 Å². The summed E-state index contributed by atoms with van der Waals surface area (Å²) in [5.41, 5.74) is -1.26. The van der Waals surface area contributed by atoms with Crippen molar-refractivity contribution in [2.45, 2.75) is 19.0 Å². The molecule has 3 aromatic rings. The lowest BCUT2D eigenvalue weighted by atomic mass is 10.1. The molecule has 0 bridgehead atoms. The highest BCUT2D eigenvalue weighted by atomic mass is 35.5. The monoisotopic (exact) mass is 454 g/mol. The largest absolute Gasteiger partial charge is 0.456 e. The number of carbonyl (C=O) groups excluding carboxylic acids is 1. The summed E-state index contributed by atoms with van der Waals surface area (Å²) in [7, 11) is 0. The first-order chi connectivity index (χ1) is 14.6. The molecule has 0 saturated carbocycles. The first kappa shape index (κ1) is 22.4. The number of aromatic amines is 1. The Morgan fingerprint density at radius 2 is 1.87 bits per heavy atom. The van der Waals surface area contributed by atoms with Crippen molar-refractivity contribution in [2.24, 2.45) is 0 Å². The fraction of sp³-hybridized carbons (Fsp3) is 0.143. The zero-order valence-electron chi connectivity index (χ0n) is 15.9. The Kier molecular flexibility index (Phi) is 6.35. The number of aromatic nitrogens is 1. The number of ether oxygens (including phenoxy) is 1. The van der Waals surface area contributed by atoms with Crippen LogP contribution in [-0.2, 0) is 12.1 Å². The summed E-state index contributed by atoms with van der Waals surface area (Å²) >= 11 is 5.75. The van der Waals surface area contributed by atoms with Gasteiger partial charge in [0.05, 0.1) is 28.3 Å². The fourth-order valence-corrected chi connectivity index (χ4v) is 3.03. The molecule has 1 heterocycles. The SMILES string of the molecule is Cc1cc(F)ccc1Oc1cc(C(F)(F)F)ccc1C(=O)Nc1cc[nH]c(=O)c1CCl. The van der Waals surface area contributed by atoms with Crippen LogP contribution in [-0.4, -0.2) is 10.9 Å². The van der Waals surface area contributed by atoms with E-state index in [1.807, 2.05) is 0 Å². The van der Waals surface area contributed by atoms with Gasteiger partial charge >= 0.3 is 6.18 Å². The minimum Gasteiger partial charge on any atom is -0.456 e. The zero-order chi connectivity index (χ0) is 22.8. The van der Waals surface area contributed by atoms with Crippen LogP contribution >= 0.6 is 11.6 Å². The normalized spacial score (nSPS) is 11.3. The highest BCUT2D eigenvalue weighted by molar-refractivity contribution is 6.17. The second-order valence-corrected chi connectivity index (χ2v) is 6.77. The molecule has 2 aromatic carbocycles. The second kappa shape index (κ2) is 8.81. The number of amides is 1. The number of pyridine rings is 1. The standard InChI is InChI=1S/C21H15ClF4N2O3/c1-11-8-13(23)3-5-17(11)31-18-9-12(21(24,25)26)2-4-14(18)20(30)28-16-6-7-27-19(29)15(16)10-22/h2-9H,10H2,1H3,(H2,27,28,29,30). The van der Waals surface area contributed by atoms with Crippen molar-refractivity contribution < 1.29 is 27.1 Å². The predicted octanol–water partition coefficient (Wildman–Crippen LogP) is 5.62. The maximum atomic E-state index is 13.4. The summed E-state index contributed by atoms with van der Waals surface area (Å²) in [6, 6.07) is 7.24. The molecular weight excluding hydrogens is 440 g/mol. The van der Waals surface area contributed by atoms with Crippen LogP contribution in [0.3, 0.4) is 0 Å². The van der Waals surface area contributed by atoms with E-state index in [2.05, 4.69) is 10.3 Å². The van der Waals surface area contributed by atoms with Crippen LogP contribution in [0, 0.1) is 12.7 Å². The molecule has 1 aromatic heterocycles. The minimum absolute atomic E-state index is 0.0763. The molecule has 3 rings (SSSR count). The molecule has 0 spiro atoms. The molecule has 31 heavy (non-hydrogen) atoms. The number of benzene rings is 2. The van der Waals surface area contributed by atoms with E-state index in [1.54, 1.807) is 0 Å². The van der Waals surface area contributed by atoms with Crippen LogP contribution in [0.4, 0.5) is 23.2 Å². The number of carbonyl (C=O) groups is 1. The summed E-state index contributed by atoms with van der Waals surface area (Å²) in [4.78, 5) is 27.1. The van der Waals surface area contributed by atoms with Gasteiger partial charge in [0.1, 0.15) is 17.3 Å². The number of halogens is 5. The molecule has 2 N–H and O–H groups in total. The van der Waals surface area contributed by atoms with E-state index in [9.17, 15) is 27.2 Å². The Bertz CT molecular complexity index is 1190. The number of aryl methyl sites for hydroxylation is 1. The number of H-pyrrole nitrogens is 1. The van der Waals surface area contributed by atoms with Gasteiger partial charge in [-0.25, -0.2) is 4.39 Å². The highest BCUT2D eigenvalue weighted by Crippen LogP contribution is 2.36. The van der Waals surface area contributed by atoms with Gasteiger partial charge < -0.3 is 15.0 Å².